The molecule has 1 N–H and O–H groups in total. The summed E-state index contributed by atoms with van der Waals surface area (Å²) < 4.78 is 11.3. The maximum Gasteiger partial charge on any atom is 0.122 e. The van der Waals surface area contributed by atoms with Crippen LogP contribution in [0.5, 0.6) is 5.75 Å². The molecule has 0 unspecified atom stereocenters. The number of hydrogen-bond acceptors (Lipinski definition) is 3. The van der Waals surface area contributed by atoms with E-state index in [0.717, 1.165) is 38.5 Å². The van der Waals surface area contributed by atoms with Crippen molar-refractivity contribution in [1.82, 2.24) is 5.32 Å². The molecule has 0 amide bonds. The molecule has 0 atom stereocenters. The van der Waals surface area contributed by atoms with Crippen molar-refractivity contribution in [3.8, 4) is 5.75 Å². The van der Waals surface area contributed by atoms with Gasteiger partial charge >= 0.3 is 0 Å². The van der Waals surface area contributed by atoms with Gasteiger partial charge in [-0.25, -0.2) is 0 Å². The van der Waals surface area contributed by atoms with Crippen LogP contribution in [0.15, 0.2) is 12.1 Å². The third kappa shape index (κ3) is 6.49. The Balaban J connectivity index is 2.47. The van der Waals surface area contributed by atoms with E-state index in [4.69, 9.17) is 9.47 Å². The van der Waals surface area contributed by atoms with Crippen molar-refractivity contribution in [1.29, 1.82) is 0 Å². The summed E-state index contributed by atoms with van der Waals surface area (Å²) in [5, 5.41) is 3.39. The van der Waals surface area contributed by atoms with E-state index in [2.05, 4.69) is 45.1 Å². The summed E-state index contributed by atoms with van der Waals surface area (Å²) in [6.45, 7) is 15.0. The third-order valence-electron chi connectivity index (χ3n) is 3.66. The van der Waals surface area contributed by atoms with Crippen molar-refractivity contribution in [2.75, 3.05) is 32.9 Å². The van der Waals surface area contributed by atoms with Gasteiger partial charge in [-0.15, -0.1) is 0 Å². The largest absolute Gasteiger partial charge is 0.492 e. The Morgan fingerprint density at radius 2 is 1.86 bits per heavy atom. The fourth-order valence-corrected chi connectivity index (χ4v) is 2.23. The molecule has 0 heterocycles. The summed E-state index contributed by atoms with van der Waals surface area (Å²) in [5.74, 6) is 1.68. The molecule has 0 aliphatic carbocycles. The van der Waals surface area contributed by atoms with Crippen molar-refractivity contribution in [3.63, 3.8) is 0 Å². The van der Waals surface area contributed by atoms with Gasteiger partial charge in [0.15, 0.2) is 0 Å². The molecular weight excluding hydrogens is 262 g/mol. The van der Waals surface area contributed by atoms with Gasteiger partial charge in [-0.3, -0.25) is 0 Å². The molecule has 0 aliphatic heterocycles. The molecule has 0 aliphatic rings. The summed E-state index contributed by atoms with van der Waals surface area (Å²) >= 11 is 0. The van der Waals surface area contributed by atoms with Crippen molar-refractivity contribution in [2.45, 2.75) is 41.0 Å². The first-order valence-electron chi connectivity index (χ1n) is 8.06. The molecule has 1 rings (SSSR count). The van der Waals surface area contributed by atoms with Gasteiger partial charge in [-0.05, 0) is 62.4 Å². The Labute approximate surface area is 130 Å². The summed E-state index contributed by atoms with van der Waals surface area (Å²) in [6, 6.07) is 4.25. The Hall–Kier alpha value is -1.06. The van der Waals surface area contributed by atoms with Gasteiger partial charge in [0.25, 0.3) is 0 Å². The van der Waals surface area contributed by atoms with E-state index in [1.165, 1.54) is 16.7 Å². The second-order valence-corrected chi connectivity index (χ2v) is 5.87. The van der Waals surface area contributed by atoms with Crippen molar-refractivity contribution in [2.24, 2.45) is 5.92 Å². The zero-order valence-electron chi connectivity index (χ0n) is 14.3. The lowest BCUT2D eigenvalue weighted by atomic mass is 10.0. The van der Waals surface area contributed by atoms with Crippen LogP contribution in [0.25, 0.3) is 0 Å². The number of nitrogens with one attached hydrogen (secondary N) is 1. The van der Waals surface area contributed by atoms with Crippen molar-refractivity contribution >= 4 is 0 Å². The van der Waals surface area contributed by atoms with Gasteiger partial charge in [-0.1, -0.05) is 19.9 Å². The fraction of sp³-hybridized carbons (Fsp3) is 0.667. The zero-order valence-corrected chi connectivity index (χ0v) is 14.3. The first-order chi connectivity index (χ1) is 10.1. The SMILES string of the molecule is CCOCCc1ccc(OCCNCC(C)C)c(C)c1C. The first-order valence-corrected chi connectivity index (χ1v) is 8.06. The highest BCUT2D eigenvalue weighted by Gasteiger charge is 2.07. The Morgan fingerprint density at radius 1 is 1.10 bits per heavy atom. The molecule has 0 fully saturated rings. The Kier molecular flexibility index (Phi) is 8.40. The molecular formula is C18H31NO2. The molecule has 0 spiro atoms. The molecule has 3 heteroatoms. The number of benzene rings is 1. The van der Waals surface area contributed by atoms with Crippen LogP contribution >= 0.6 is 0 Å². The second-order valence-electron chi connectivity index (χ2n) is 5.87. The van der Waals surface area contributed by atoms with Gasteiger partial charge in [0, 0.05) is 13.2 Å². The molecule has 21 heavy (non-hydrogen) atoms. The lowest BCUT2D eigenvalue weighted by molar-refractivity contribution is 0.151. The zero-order chi connectivity index (χ0) is 15.7. The molecule has 0 bridgehead atoms. The monoisotopic (exact) mass is 293 g/mol. The minimum atomic E-state index is 0.679. The average molecular weight is 293 g/mol. The lowest BCUT2D eigenvalue weighted by Crippen LogP contribution is -2.25. The van der Waals surface area contributed by atoms with E-state index in [1.807, 2.05) is 6.92 Å². The normalized spacial score (nSPS) is 11.1. The number of ether oxygens (including phenoxy) is 2. The van der Waals surface area contributed by atoms with E-state index in [0.29, 0.717) is 12.5 Å². The van der Waals surface area contributed by atoms with Gasteiger partial charge in [0.2, 0.25) is 0 Å². The summed E-state index contributed by atoms with van der Waals surface area (Å²) in [4.78, 5) is 0. The van der Waals surface area contributed by atoms with E-state index < -0.39 is 0 Å². The van der Waals surface area contributed by atoms with Gasteiger partial charge < -0.3 is 14.8 Å². The van der Waals surface area contributed by atoms with Crippen LogP contribution in [0.3, 0.4) is 0 Å². The topological polar surface area (TPSA) is 30.5 Å². The molecule has 0 saturated heterocycles. The highest BCUT2D eigenvalue weighted by Crippen LogP contribution is 2.24. The first kappa shape index (κ1) is 18.0. The molecule has 0 saturated carbocycles. The van der Waals surface area contributed by atoms with Crippen LogP contribution in [0.1, 0.15) is 37.5 Å². The maximum absolute atomic E-state index is 5.89. The van der Waals surface area contributed by atoms with E-state index in [9.17, 15) is 0 Å². The second kappa shape index (κ2) is 9.80. The predicted molar refractivity (Wildman–Crippen MR) is 89.3 cm³/mol. The molecule has 3 nitrogen and oxygen atoms in total. The molecule has 1 aromatic rings. The minimum absolute atomic E-state index is 0.679. The molecule has 0 aromatic heterocycles. The summed E-state index contributed by atoms with van der Waals surface area (Å²) in [6.07, 6.45) is 0.969. The van der Waals surface area contributed by atoms with E-state index in [1.54, 1.807) is 0 Å². The highest BCUT2D eigenvalue weighted by atomic mass is 16.5. The highest BCUT2D eigenvalue weighted by molar-refractivity contribution is 5.43. The van der Waals surface area contributed by atoms with Crippen molar-refractivity contribution < 1.29 is 9.47 Å². The maximum atomic E-state index is 5.89. The summed E-state index contributed by atoms with van der Waals surface area (Å²) in [7, 11) is 0. The number of hydrogen-bond donors (Lipinski definition) is 1. The van der Waals surface area contributed by atoms with Crippen LogP contribution < -0.4 is 10.1 Å². The quantitative estimate of drug-likeness (QED) is 0.670. The van der Waals surface area contributed by atoms with Gasteiger partial charge in [0.05, 0.1) is 6.61 Å². The number of rotatable bonds is 10. The average Bonchev–Trinajstić information content (AvgIpc) is 2.45. The lowest BCUT2D eigenvalue weighted by Gasteiger charge is -2.15. The van der Waals surface area contributed by atoms with Crippen LogP contribution in [-0.4, -0.2) is 32.9 Å². The van der Waals surface area contributed by atoms with Crippen molar-refractivity contribution in [3.05, 3.63) is 28.8 Å². The molecule has 0 radical (unpaired) electrons. The standard InChI is InChI=1S/C18H31NO2/c1-6-20-11-9-17-7-8-18(16(5)15(17)4)21-12-10-19-13-14(2)3/h7-8,14,19H,6,9-13H2,1-5H3. The smallest absolute Gasteiger partial charge is 0.122 e. The third-order valence-corrected chi connectivity index (χ3v) is 3.66. The van der Waals surface area contributed by atoms with E-state index >= 15 is 0 Å². The van der Waals surface area contributed by atoms with Crippen LogP contribution in [0, 0.1) is 19.8 Å². The van der Waals surface area contributed by atoms with Gasteiger partial charge in [-0.2, -0.15) is 0 Å². The van der Waals surface area contributed by atoms with Gasteiger partial charge in [0.1, 0.15) is 12.4 Å². The minimum Gasteiger partial charge on any atom is -0.492 e. The summed E-state index contributed by atoms with van der Waals surface area (Å²) in [5.41, 5.74) is 3.92. The van der Waals surface area contributed by atoms with E-state index in [-0.39, 0.29) is 0 Å². The van der Waals surface area contributed by atoms with Crippen LogP contribution in [0.4, 0.5) is 0 Å². The van der Waals surface area contributed by atoms with Crippen LogP contribution in [-0.2, 0) is 11.2 Å². The van der Waals surface area contributed by atoms with Crippen LogP contribution in [0.2, 0.25) is 0 Å². The Morgan fingerprint density at radius 3 is 2.52 bits per heavy atom. The molecule has 1 aromatic carbocycles. The fourth-order valence-electron chi connectivity index (χ4n) is 2.23. The predicted octanol–water partition coefficient (Wildman–Crippen LogP) is 3.51. The molecule has 120 valence electrons. The Bertz CT molecular complexity index is 416.